The molecular weight excluding hydrogens is 444 g/mol. The molecule has 0 spiro atoms. The van der Waals surface area contributed by atoms with Gasteiger partial charge in [0, 0.05) is 27.9 Å². The SMILES string of the molecule is COc1cccc(-c2nnc(Cc3ccc(Cl)c(Oc4cc(N)cc(Cl)c4)c3F)o2)c1. The van der Waals surface area contributed by atoms with Crippen molar-refractivity contribution in [3.8, 4) is 28.7 Å². The van der Waals surface area contributed by atoms with E-state index in [9.17, 15) is 0 Å². The molecule has 31 heavy (non-hydrogen) atoms. The van der Waals surface area contributed by atoms with Crippen LogP contribution < -0.4 is 15.2 Å². The average Bonchev–Trinajstić information content (AvgIpc) is 3.21. The quantitative estimate of drug-likeness (QED) is 0.347. The summed E-state index contributed by atoms with van der Waals surface area (Å²) in [5.74, 6) is 0.664. The second kappa shape index (κ2) is 8.83. The number of benzene rings is 3. The van der Waals surface area contributed by atoms with E-state index in [1.54, 1.807) is 25.3 Å². The summed E-state index contributed by atoms with van der Waals surface area (Å²) < 4.78 is 31.7. The first-order valence-corrected chi connectivity index (χ1v) is 9.86. The molecule has 0 amide bonds. The van der Waals surface area contributed by atoms with Crippen molar-refractivity contribution >= 4 is 28.9 Å². The first-order chi connectivity index (χ1) is 14.9. The van der Waals surface area contributed by atoms with Crippen molar-refractivity contribution < 1.29 is 18.3 Å². The highest BCUT2D eigenvalue weighted by molar-refractivity contribution is 6.32. The third-order valence-corrected chi connectivity index (χ3v) is 4.88. The summed E-state index contributed by atoms with van der Waals surface area (Å²) in [5, 5.41) is 8.51. The van der Waals surface area contributed by atoms with Crippen molar-refractivity contribution in [1.29, 1.82) is 0 Å². The minimum Gasteiger partial charge on any atom is -0.497 e. The van der Waals surface area contributed by atoms with Crippen molar-refractivity contribution in [2.24, 2.45) is 0 Å². The van der Waals surface area contributed by atoms with Crippen LogP contribution in [0.25, 0.3) is 11.5 Å². The van der Waals surface area contributed by atoms with Crippen LogP contribution in [0.3, 0.4) is 0 Å². The molecule has 0 atom stereocenters. The van der Waals surface area contributed by atoms with E-state index in [2.05, 4.69) is 10.2 Å². The highest BCUT2D eigenvalue weighted by atomic mass is 35.5. The number of nitrogens with zero attached hydrogens (tertiary/aromatic N) is 2. The molecule has 0 aliphatic carbocycles. The Kier molecular flexibility index (Phi) is 5.97. The minimum atomic E-state index is -0.646. The first-order valence-electron chi connectivity index (χ1n) is 9.10. The van der Waals surface area contributed by atoms with Crippen LogP contribution in [-0.4, -0.2) is 17.3 Å². The lowest BCUT2D eigenvalue weighted by molar-refractivity contribution is 0.414. The summed E-state index contributed by atoms with van der Waals surface area (Å²) in [6.07, 6.45) is 0.0496. The molecular formula is C22H16Cl2FN3O3. The molecule has 9 heteroatoms. The Labute approximate surface area is 187 Å². The largest absolute Gasteiger partial charge is 0.497 e. The van der Waals surface area contributed by atoms with Gasteiger partial charge in [-0.3, -0.25) is 0 Å². The summed E-state index contributed by atoms with van der Waals surface area (Å²) >= 11 is 12.1. The molecule has 1 aromatic heterocycles. The average molecular weight is 460 g/mol. The topological polar surface area (TPSA) is 83.4 Å². The van der Waals surface area contributed by atoms with E-state index in [4.69, 9.17) is 42.8 Å². The maximum absolute atomic E-state index is 15.2. The maximum Gasteiger partial charge on any atom is 0.247 e. The van der Waals surface area contributed by atoms with E-state index in [0.717, 1.165) is 0 Å². The standard InChI is InChI=1S/C22H16Cl2FN3O3/c1-29-16-4-2-3-13(7-16)22-28-27-19(31-22)8-12-5-6-18(24)21(20(12)25)30-17-10-14(23)9-15(26)11-17/h2-7,9-11H,8,26H2,1H3. The van der Waals surface area contributed by atoms with E-state index < -0.39 is 5.82 Å². The Bertz CT molecular complexity index is 1230. The number of nitrogen functional groups attached to an aromatic ring is 1. The van der Waals surface area contributed by atoms with E-state index in [0.29, 0.717) is 27.9 Å². The number of hydrogen-bond acceptors (Lipinski definition) is 6. The second-order valence-corrected chi connectivity index (χ2v) is 7.43. The molecule has 0 bridgehead atoms. The van der Waals surface area contributed by atoms with Crippen molar-refractivity contribution in [1.82, 2.24) is 10.2 Å². The summed E-state index contributed by atoms with van der Waals surface area (Å²) in [6.45, 7) is 0. The number of rotatable bonds is 6. The van der Waals surface area contributed by atoms with Crippen LogP contribution >= 0.6 is 23.2 Å². The van der Waals surface area contributed by atoms with Gasteiger partial charge in [-0.05, 0) is 36.4 Å². The van der Waals surface area contributed by atoms with Gasteiger partial charge in [0.1, 0.15) is 11.5 Å². The Morgan fingerprint density at radius 2 is 1.87 bits per heavy atom. The molecule has 4 aromatic rings. The number of nitrogens with two attached hydrogens (primary N) is 1. The van der Waals surface area contributed by atoms with Crippen LogP contribution in [0.4, 0.5) is 10.1 Å². The summed E-state index contributed by atoms with van der Waals surface area (Å²) in [6, 6.07) is 14.8. The summed E-state index contributed by atoms with van der Waals surface area (Å²) in [4.78, 5) is 0. The number of anilines is 1. The highest BCUT2D eigenvalue weighted by Gasteiger charge is 2.18. The van der Waals surface area contributed by atoms with E-state index in [-0.39, 0.29) is 34.4 Å². The van der Waals surface area contributed by atoms with E-state index >= 15 is 4.39 Å². The Morgan fingerprint density at radius 3 is 2.65 bits per heavy atom. The van der Waals surface area contributed by atoms with Crippen LogP contribution in [0.2, 0.25) is 10.0 Å². The molecule has 0 saturated carbocycles. The number of halogens is 3. The number of methoxy groups -OCH3 is 1. The first kappa shape index (κ1) is 21.0. The van der Waals surface area contributed by atoms with Gasteiger partial charge in [-0.15, -0.1) is 10.2 Å². The summed E-state index contributed by atoms with van der Waals surface area (Å²) in [7, 11) is 1.57. The molecule has 2 N–H and O–H groups in total. The number of aromatic nitrogens is 2. The zero-order valence-corrected chi connectivity index (χ0v) is 17.7. The molecule has 0 unspecified atom stereocenters. The third kappa shape index (κ3) is 4.73. The van der Waals surface area contributed by atoms with Crippen molar-refractivity contribution in [2.75, 3.05) is 12.8 Å². The van der Waals surface area contributed by atoms with Crippen molar-refractivity contribution in [3.05, 3.63) is 81.9 Å². The highest BCUT2D eigenvalue weighted by Crippen LogP contribution is 2.36. The van der Waals surface area contributed by atoms with Gasteiger partial charge in [0.15, 0.2) is 11.6 Å². The lowest BCUT2D eigenvalue weighted by atomic mass is 10.1. The lowest BCUT2D eigenvalue weighted by Crippen LogP contribution is -1.98. The van der Waals surface area contributed by atoms with Gasteiger partial charge in [-0.25, -0.2) is 4.39 Å². The fraction of sp³-hybridized carbons (Fsp3) is 0.0909. The molecule has 0 aliphatic rings. The molecule has 3 aromatic carbocycles. The maximum atomic E-state index is 15.2. The molecule has 0 radical (unpaired) electrons. The van der Waals surface area contributed by atoms with E-state index in [1.807, 2.05) is 12.1 Å². The second-order valence-electron chi connectivity index (χ2n) is 6.58. The molecule has 1 heterocycles. The van der Waals surface area contributed by atoms with Gasteiger partial charge in [-0.2, -0.15) is 0 Å². The van der Waals surface area contributed by atoms with Gasteiger partial charge in [0.05, 0.1) is 18.6 Å². The van der Waals surface area contributed by atoms with Crippen LogP contribution in [-0.2, 0) is 6.42 Å². The van der Waals surface area contributed by atoms with Gasteiger partial charge >= 0.3 is 0 Å². The Hall–Kier alpha value is -3.29. The van der Waals surface area contributed by atoms with Gasteiger partial charge in [0.2, 0.25) is 11.8 Å². The molecule has 0 fully saturated rings. The monoisotopic (exact) mass is 459 g/mol. The number of hydrogen-bond donors (Lipinski definition) is 1. The molecule has 4 rings (SSSR count). The van der Waals surface area contributed by atoms with Gasteiger partial charge < -0.3 is 19.6 Å². The molecule has 6 nitrogen and oxygen atoms in total. The summed E-state index contributed by atoms with van der Waals surface area (Å²) in [5.41, 5.74) is 7.11. The predicted octanol–water partition coefficient (Wildman–Crippen LogP) is 6.16. The van der Waals surface area contributed by atoms with Gasteiger partial charge in [0.25, 0.3) is 0 Å². The molecule has 0 aliphatic heterocycles. The van der Waals surface area contributed by atoms with Crippen molar-refractivity contribution in [3.63, 3.8) is 0 Å². The zero-order chi connectivity index (χ0) is 22.0. The lowest BCUT2D eigenvalue weighted by Gasteiger charge is -2.12. The van der Waals surface area contributed by atoms with Crippen LogP contribution in [0.1, 0.15) is 11.5 Å². The molecule has 0 saturated heterocycles. The third-order valence-electron chi connectivity index (χ3n) is 4.37. The van der Waals surface area contributed by atoms with Crippen LogP contribution in [0.15, 0.2) is 59.0 Å². The fourth-order valence-corrected chi connectivity index (χ4v) is 3.34. The minimum absolute atomic E-state index is 0.0496. The Morgan fingerprint density at radius 1 is 1.03 bits per heavy atom. The molecule has 158 valence electrons. The number of ether oxygens (including phenoxy) is 2. The Balaban J connectivity index is 1.60. The van der Waals surface area contributed by atoms with Crippen LogP contribution in [0, 0.1) is 5.82 Å². The van der Waals surface area contributed by atoms with Crippen molar-refractivity contribution in [2.45, 2.75) is 6.42 Å². The predicted molar refractivity (Wildman–Crippen MR) is 116 cm³/mol. The zero-order valence-electron chi connectivity index (χ0n) is 16.2. The van der Waals surface area contributed by atoms with E-state index in [1.165, 1.54) is 24.3 Å². The van der Waals surface area contributed by atoms with Crippen LogP contribution in [0.5, 0.6) is 17.2 Å². The van der Waals surface area contributed by atoms with Gasteiger partial charge in [-0.1, -0.05) is 35.3 Å². The normalized spacial score (nSPS) is 10.8. The smallest absolute Gasteiger partial charge is 0.247 e. The fourth-order valence-electron chi connectivity index (χ4n) is 2.93.